The Morgan fingerprint density at radius 1 is 1.15 bits per heavy atom. The lowest BCUT2D eigenvalue weighted by Crippen LogP contribution is -2.48. The summed E-state index contributed by atoms with van der Waals surface area (Å²) in [6.07, 6.45) is -2.08. The van der Waals surface area contributed by atoms with Gasteiger partial charge in [0.1, 0.15) is 5.82 Å². The monoisotopic (exact) mass is 480 g/mol. The van der Waals surface area contributed by atoms with Gasteiger partial charge in [-0.3, -0.25) is 9.69 Å². The molecular formula is C26H29F5N2O. The van der Waals surface area contributed by atoms with E-state index in [9.17, 15) is 26.7 Å². The zero-order chi connectivity index (χ0) is 24.7. The molecule has 8 heteroatoms. The molecule has 184 valence electrons. The largest absolute Gasteiger partial charge is 0.426 e. The predicted octanol–water partition coefficient (Wildman–Crippen LogP) is 5.21. The van der Waals surface area contributed by atoms with Crippen LogP contribution in [0.3, 0.4) is 0 Å². The van der Waals surface area contributed by atoms with E-state index in [1.165, 1.54) is 24.3 Å². The number of aryl methyl sites for hydroxylation is 1. The third-order valence-corrected chi connectivity index (χ3v) is 7.66. The molecule has 1 amide bonds. The standard InChI is InChI=1S/C26H29F5N2O/c1-24(28,26(29,30)31)19-6-9-21-18(15-19)5-10-22-25(21,16-17-3-7-20(27)8-4-17)12-14-33(22)13-11-23(34)32-2/h3-4,6-9,15,22H,5,10-14,16H2,1-2H3,(H,32,34)/t22-,24?,25-/m1/s1. The number of amides is 1. The number of halogens is 5. The molecule has 1 saturated heterocycles. The van der Waals surface area contributed by atoms with Gasteiger partial charge in [-0.25, -0.2) is 8.78 Å². The van der Waals surface area contributed by atoms with Gasteiger partial charge in [0.15, 0.2) is 0 Å². The number of alkyl halides is 4. The number of likely N-dealkylation sites (tertiary alicyclic amines) is 1. The van der Waals surface area contributed by atoms with E-state index in [0.717, 1.165) is 29.7 Å². The zero-order valence-electron chi connectivity index (χ0n) is 19.3. The smallest absolute Gasteiger partial charge is 0.359 e. The van der Waals surface area contributed by atoms with E-state index in [0.29, 0.717) is 39.2 Å². The van der Waals surface area contributed by atoms with Crippen molar-refractivity contribution in [3.63, 3.8) is 0 Å². The summed E-state index contributed by atoms with van der Waals surface area (Å²) in [5.74, 6) is -0.384. The van der Waals surface area contributed by atoms with Crippen molar-refractivity contribution in [1.29, 1.82) is 0 Å². The van der Waals surface area contributed by atoms with Gasteiger partial charge in [0.05, 0.1) is 0 Å². The fraction of sp³-hybridized carbons (Fsp3) is 0.500. The summed E-state index contributed by atoms with van der Waals surface area (Å²) in [5, 5.41) is 2.64. The van der Waals surface area contributed by atoms with Gasteiger partial charge in [-0.1, -0.05) is 30.3 Å². The number of hydrogen-bond acceptors (Lipinski definition) is 2. The van der Waals surface area contributed by atoms with Gasteiger partial charge in [-0.05, 0) is 73.5 Å². The van der Waals surface area contributed by atoms with E-state index in [4.69, 9.17) is 0 Å². The molecule has 1 heterocycles. The summed E-state index contributed by atoms with van der Waals surface area (Å²) in [4.78, 5) is 14.1. The highest BCUT2D eigenvalue weighted by molar-refractivity contribution is 5.75. The second-order valence-corrected chi connectivity index (χ2v) is 9.60. The van der Waals surface area contributed by atoms with Crippen molar-refractivity contribution in [2.24, 2.45) is 0 Å². The Bertz CT molecular complexity index is 1050. The summed E-state index contributed by atoms with van der Waals surface area (Å²) >= 11 is 0. The molecule has 1 aliphatic heterocycles. The first-order valence-corrected chi connectivity index (χ1v) is 11.6. The number of benzene rings is 2. The molecule has 0 aromatic heterocycles. The van der Waals surface area contributed by atoms with Crippen LogP contribution in [0.2, 0.25) is 0 Å². The van der Waals surface area contributed by atoms with Crippen molar-refractivity contribution in [2.45, 2.75) is 62.3 Å². The van der Waals surface area contributed by atoms with Crippen molar-refractivity contribution in [1.82, 2.24) is 10.2 Å². The molecule has 0 saturated carbocycles. The minimum Gasteiger partial charge on any atom is -0.359 e. The van der Waals surface area contributed by atoms with Crippen LogP contribution in [0, 0.1) is 5.82 Å². The van der Waals surface area contributed by atoms with Gasteiger partial charge in [0, 0.05) is 31.5 Å². The molecular weight excluding hydrogens is 451 g/mol. The van der Waals surface area contributed by atoms with Gasteiger partial charge >= 0.3 is 6.18 Å². The van der Waals surface area contributed by atoms with Gasteiger partial charge in [-0.15, -0.1) is 0 Å². The Kier molecular flexibility index (Phi) is 6.48. The van der Waals surface area contributed by atoms with Crippen LogP contribution in [-0.4, -0.2) is 43.2 Å². The predicted molar refractivity (Wildman–Crippen MR) is 120 cm³/mol. The molecule has 3 nitrogen and oxygen atoms in total. The van der Waals surface area contributed by atoms with Crippen LogP contribution < -0.4 is 5.32 Å². The first-order chi connectivity index (χ1) is 16.0. The third-order valence-electron chi connectivity index (χ3n) is 7.66. The lowest BCUT2D eigenvalue weighted by molar-refractivity contribution is -0.228. The van der Waals surface area contributed by atoms with Crippen LogP contribution in [0.1, 0.15) is 48.4 Å². The van der Waals surface area contributed by atoms with E-state index in [1.54, 1.807) is 25.2 Å². The SMILES string of the molecule is CNC(=O)CCN1CC[C@@]2(Cc3ccc(F)cc3)c3ccc(C(C)(F)C(F)(F)F)cc3CC[C@@H]12. The summed E-state index contributed by atoms with van der Waals surface area (Å²) < 4.78 is 68.3. The molecule has 2 aromatic carbocycles. The topological polar surface area (TPSA) is 32.3 Å². The normalized spacial score (nSPS) is 24.3. The molecule has 4 rings (SSSR count). The van der Waals surface area contributed by atoms with Crippen LogP contribution in [0.5, 0.6) is 0 Å². The Morgan fingerprint density at radius 3 is 2.50 bits per heavy atom. The van der Waals surface area contributed by atoms with E-state index >= 15 is 0 Å². The van der Waals surface area contributed by atoms with E-state index < -0.39 is 17.3 Å². The van der Waals surface area contributed by atoms with Gasteiger partial charge in [0.2, 0.25) is 11.6 Å². The second-order valence-electron chi connectivity index (χ2n) is 9.60. The Hall–Kier alpha value is -2.48. The highest BCUT2D eigenvalue weighted by Crippen LogP contribution is 2.51. The number of rotatable bonds is 6. The number of fused-ring (bicyclic) bond motifs is 3. The van der Waals surface area contributed by atoms with Crippen LogP contribution in [0.15, 0.2) is 42.5 Å². The van der Waals surface area contributed by atoms with Crippen molar-refractivity contribution in [3.8, 4) is 0 Å². The molecule has 2 aliphatic rings. The molecule has 0 radical (unpaired) electrons. The van der Waals surface area contributed by atoms with Gasteiger partial charge in [0.25, 0.3) is 0 Å². The average molecular weight is 481 g/mol. The number of hydrogen-bond donors (Lipinski definition) is 1. The molecule has 1 unspecified atom stereocenters. The minimum absolute atomic E-state index is 0.0498. The van der Waals surface area contributed by atoms with E-state index in [1.807, 2.05) is 0 Å². The molecule has 34 heavy (non-hydrogen) atoms. The van der Waals surface area contributed by atoms with Crippen molar-refractivity contribution >= 4 is 5.91 Å². The number of carbonyl (C=O) groups excluding carboxylic acids is 1. The van der Waals surface area contributed by atoms with Crippen molar-refractivity contribution in [2.75, 3.05) is 20.1 Å². The molecule has 1 N–H and O–H groups in total. The highest BCUT2D eigenvalue weighted by atomic mass is 19.4. The summed E-state index contributed by atoms with van der Waals surface area (Å²) in [5.41, 5.74) is -1.63. The lowest BCUT2D eigenvalue weighted by Gasteiger charge is -2.44. The highest BCUT2D eigenvalue weighted by Gasteiger charge is 2.55. The second kappa shape index (κ2) is 8.95. The summed E-state index contributed by atoms with van der Waals surface area (Å²) in [6.45, 7) is 1.89. The maximum absolute atomic E-state index is 14.7. The Balaban J connectivity index is 1.73. The maximum Gasteiger partial charge on any atom is 0.426 e. The Labute approximate surface area is 196 Å². The average Bonchev–Trinajstić information content (AvgIpc) is 3.16. The summed E-state index contributed by atoms with van der Waals surface area (Å²) in [6, 6.07) is 10.7. The molecule has 1 fully saturated rings. The lowest BCUT2D eigenvalue weighted by atomic mass is 9.63. The van der Waals surface area contributed by atoms with Crippen LogP contribution in [-0.2, 0) is 28.7 Å². The van der Waals surface area contributed by atoms with Gasteiger partial charge in [-0.2, -0.15) is 13.2 Å². The van der Waals surface area contributed by atoms with E-state index in [2.05, 4.69) is 10.2 Å². The maximum atomic E-state index is 14.7. The molecule has 0 spiro atoms. The molecule has 0 bridgehead atoms. The first kappa shape index (κ1) is 24.6. The number of nitrogens with one attached hydrogen (secondary N) is 1. The first-order valence-electron chi connectivity index (χ1n) is 11.6. The third kappa shape index (κ3) is 4.32. The van der Waals surface area contributed by atoms with Crippen LogP contribution in [0.4, 0.5) is 22.0 Å². The molecule has 2 aromatic rings. The van der Waals surface area contributed by atoms with E-state index in [-0.39, 0.29) is 23.3 Å². The van der Waals surface area contributed by atoms with Crippen molar-refractivity contribution in [3.05, 3.63) is 70.5 Å². The van der Waals surface area contributed by atoms with Crippen LogP contribution in [0.25, 0.3) is 0 Å². The fourth-order valence-electron chi connectivity index (χ4n) is 5.73. The number of carbonyl (C=O) groups is 1. The molecule has 1 aliphatic carbocycles. The zero-order valence-corrected chi connectivity index (χ0v) is 19.3. The Morgan fingerprint density at radius 2 is 1.85 bits per heavy atom. The number of nitrogens with zero attached hydrogens (tertiary/aromatic N) is 1. The fourth-order valence-corrected chi connectivity index (χ4v) is 5.73. The minimum atomic E-state index is -5.01. The van der Waals surface area contributed by atoms with Crippen molar-refractivity contribution < 1.29 is 26.7 Å². The quantitative estimate of drug-likeness (QED) is 0.576. The van der Waals surface area contributed by atoms with Gasteiger partial charge < -0.3 is 5.32 Å². The summed E-state index contributed by atoms with van der Waals surface area (Å²) in [7, 11) is 1.60. The molecule has 3 atom stereocenters. The van der Waals surface area contributed by atoms with Crippen LogP contribution >= 0.6 is 0 Å².